The number of para-hydroxylation sites is 1. The smallest absolute Gasteiger partial charge is 0.227 e. The van der Waals surface area contributed by atoms with Crippen molar-refractivity contribution in [3.8, 4) is 10.8 Å². The van der Waals surface area contributed by atoms with Crippen molar-refractivity contribution in [3.05, 3.63) is 59.4 Å². The average Bonchev–Trinajstić information content (AvgIpc) is 3.49. The molecule has 1 amide bonds. The summed E-state index contributed by atoms with van der Waals surface area (Å²) < 4.78 is 5.40. The highest BCUT2D eigenvalue weighted by molar-refractivity contribution is 7.14. The molecule has 1 aliphatic heterocycles. The Hall–Kier alpha value is -2.93. The van der Waals surface area contributed by atoms with Crippen LogP contribution < -0.4 is 0 Å². The highest BCUT2D eigenvalue weighted by Crippen LogP contribution is 2.33. The van der Waals surface area contributed by atoms with Crippen LogP contribution in [-0.2, 0) is 11.2 Å². The third-order valence-corrected chi connectivity index (χ3v) is 6.49. The number of furan rings is 1. The van der Waals surface area contributed by atoms with Gasteiger partial charge >= 0.3 is 0 Å². The molecule has 28 heavy (non-hydrogen) atoms. The number of hydrogen-bond acceptors (Lipinski definition) is 5. The molecule has 0 spiro atoms. The highest BCUT2D eigenvalue weighted by Gasteiger charge is 2.27. The van der Waals surface area contributed by atoms with Gasteiger partial charge in [-0.25, -0.2) is 0 Å². The van der Waals surface area contributed by atoms with Crippen LogP contribution in [0.2, 0.25) is 0 Å². The predicted octanol–water partition coefficient (Wildman–Crippen LogP) is 4.23. The van der Waals surface area contributed by atoms with Gasteiger partial charge in [-0.3, -0.25) is 4.79 Å². The standard InChI is InChI=1S/C21H20N4O2S/c26-19(12-15-13-22-17-5-2-1-4-16(15)17)25-9-7-14(8-10-25)20-23-24-21(28-20)18-6-3-11-27-18/h1-6,11,13-14,22H,7-10,12H2. The second-order valence-corrected chi connectivity index (χ2v) is 8.12. The van der Waals surface area contributed by atoms with Crippen LogP contribution in [0.25, 0.3) is 21.7 Å². The zero-order valence-corrected chi connectivity index (χ0v) is 16.1. The van der Waals surface area contributed by atoms with Gasteiger partial charge in [-0.1, -0.05) is 29.5 Å². The molecule has 0 bridgehead atoms. The first kappa shape index (κ1) is 17.2. The van der Waals surface area contributed by atoms with E-state index >= 15 is 0 Å². The lowest BCUT2D eigenvalue weighted by atomic mass is 9.97. The number of H-pyrrole nitrogens is 1. The largest absolute Gasteiger partial charge is 0.462 e. The fourth-order valence-electron chi connectivity index (χ4n) is 3.83. The molecule has 5 rings (SSSR count). The van der Waals surface area contributed by atoms with Gasteiger partial charge in [-0.05, 0) is 36.6 Å². The second-order valence-electron chi connectivity index (χ2n) is 7.11. The minimum Gasteiger partial charge on any atom is -0.462 e. The summed E-state index contributed by atoms with van der Waals surface area (Å²) >= 11 is 1.59. The van der Waals surface area contributed by atoms with Gasteiger partial charge in [0.1, 0.15) is 5.01 Å². The molecule has 0 atom stereocenters. The molecular formula is C21H20N4O2S. The van der Waals surface area contributed by atoms with Crippen LogP contribution in [0, 0.1) is 0 Å². The highest BCUT2D eigenvalue weighted by atomic mass is 32.1. The molecular weight excluding hydrogens is 372 g/mol. The Morgan fingerprint density at radius 2 is 2.04 bits per heavy atom. The minimum atomic E-state index is 0.191. The lowest BCUT2D eigenvalue weighted by molar-refractivity contribution is -0.131. The summed E-state index contributed by atoms with van der Waals surface area (Å²) in [5.41, 5.74) is 2.14. The van der Waals surface area contributed by atoms with Crippen molar-refractivity contribution in [1.82, 2.24) is 20.1 Å². The van der Waals surface area contributed by atoms with Crippen molar-refractivity contribution < 1.29 is 9.21 Å². The molecule has 0 radical (unpaired) electrons. The number of aromatic nitrogens is 3. The Labute approximate surface area is 166 Å². The topological polar surface area (TPSA) is 75.0 Å². The number of piperidine rings is 1. The van der Waals surface area contributed by atoms with Crippen molar-refractivity contribution >= 4 is 28.1 Å². The SMILES string of the molecule is O=C(Cc1c[nH]c2ccccc12)N1CCC(c2nnc(-c3ccco3)s2)CC1. The molecule has 0 aliphatic carbocycles. The van der Waals surface area contributed by atoms with Gasteiger partial charge in [-0.2, -0.15) is 0 Å². The number of amides is 1. The van der Waals surface area contributed by atoms with Gasteiger partial charge in [0.25, 0.3) is 0 Å². The van der Waals surface area contributed by atoms with Crippen LogP contribution in [0.4, 0.5) is 0 Å². The van der Waals surface area contributed by atoms with Gasteiger partial charge in [0.05, 0.1) is 12.7 Å². The molecule has 1 aliphatic rings. The number of fused-ring (bicyclic) bond motifs is 1. The summed E-state index contributed by atoms with van der Waals surface area (Å²) in [5, 5.41) is 11.6. The lowest BCUT2D eigenvalue weighted by Gasteiger charge is -2.31. The number of nitrogens with one attached hydrogen (secondary N) is 1. The summed E-state index contributed by atoms with van der Waals surface area (Å²) in [6, 6.07) is 11.9. The van der Waals surface area contributed by atoms with Crippen LogP contribution in [0.1, 0.15) is 29.3 Å². The Morgan fingerprint density at radius 1 is 1.18 bits per heavy atom. The van der Waals surface area contributed by atoms with E-state index in [9.17, 15) is 4.79 Å². The van der Waals surface area contributed by atoms with Crippen LogP contribution in [0.3, 0.4) is 0 Å². The average molecular weight is 392 g/mol. The fraction of sp³-hybridized carbons (Fsp3) is 0.286. The summed E-state index contributed by atoms with van der Waals surface area (Å²) in [7, 11) is 0. The van der Waals surface area contributed by atoms with Crippen LogP contribution in [0.5, 0.6) is 0 Å². The maximum atomic E-state index is 12.8. The van der Waals surface area contributed by atoms with E-state index in [0.717, 1.165) is 58.2 Å². The molecule has 6 nitrogen and oxygen atoms in total. The molecule has 0 unspecified atom stereocenters. The van der Waals surface area contributed by atoms with E-state index in [1.54, 1.807) is 17.6 Å². The van der Waals surface area contributed by atoms with E-state index in [1.165, 1.54) is 0 Å². The first-order chi connectivity index (χ1) is 13.8. The first-order valence-corrected chi connectivity index (χ1v) is 10.3. The quantitative estimate of drug-likeness (QED) is 0.564. The number of carbonyl (C=O) groups excluding carboxylic acids is 1. The Balaban J connectivity index is 1.21. The van der Waals surface area contributed by atoms with Gasteiger partial charge < -0.3 is 14.3 Å². The van der Waals surface area contributed by atoms with Crippen LogP contribution in [-0.4, -0.2) is 39.1 Å². The number of carbonyl (C=O) groups is 1. The maximum Gasteiger partial charge on any atom is 0.227 e. The van der Waals surface area contributed by atoms with Crippen molar-refractivity contribution in [2.24, 2.45) is 0 Å². The van der Waals surface area contributed by atoms with Crippen molar-refractivity contribution in [2.45, 2.75) is 25.2 Å². The Morgan fingerprint density at radius 3 is 2.86 bits per heavy atom. The van der Waals surface area contributed by atoms with Crippen molar-refractivity contribution in [1.29, 1.82) is 0 Å². The third kappa shape index (κ3) is 3.22. The van der Waals surface area contributed by atoms with Gasteiger partial charge in [0.2, 0.25) is 5.91 Å². The zero-order chi connectivity index (χ0) is 18.9. The van der Waals surface area contributed by atoms with Gasteiger partial charge in [0, 0.05) is 36.1 Å². The van der Waals surface area contributed by atoms with E-state index in [4.69, 9.17) is 4.42 Å². The first-order valence-electron chi connectivity index (χ1n) is 9.48. The van der Waals surface area contributed by atoms with Crippen LogP contribution >= 0.6 is 11.3 Å². The zero-order valence-electron chi connectivity index (χ0n) is 15.3. The second kappa shape index (κ2) is 7.24. The van der Waals surface area contributed by atoms with Crippen LogP contribution in [0.15, 0.2) is 53.3 Å². The monoisotopic (exact) mass is 392 g/mol. The minimum absolute atomic E-state index is 0.191. The normalized spacial score (nSPS) is 15.4. The molecule has 142 valence electrons. The Bertz CT molecular complexity index is 1090. The summed E-state index contributed by atoms with van der Waals surface area (Å²) in [6.07, 6.45) is 5.88. The summed E-state index contributed by atoms with van der Waals surface area (Å²) in [4.78, 5) is 18.0. The fourth-order valence-corrected chi connectivity index (χ4v) is 4.81. The molecule has 7 heteroatoms. The molecule has 1 aromatic carbocycles. The Kier molecular flexibility index (Phi) is 4.44. The summed E-state index contributed by atoms with van der Waals surface area (Å²) in [6.45, 7) is 1.53. The predicted molar refractivity (Wildman–Crippen MR) is 108 cm³/mol. The maximum absolute atomic E-state index is 12.8. The molecule has 1 saturated heterocycles. The molecule has 1 N–H and O–H groups in total. The van der Waals surface area contributed by atoms with E-state index < -0.39 is 0 Å². The number of nitrogens with zero attached hydrogens (tertiary/aromatic N) is 3. The van der Waals surface area contributed by atoms with E-state index in [-0.39, 0.29) is 5.91 Å². The van der Waals surface area contributed by atoms with E-state index in [0.29, 0.717) is 12.3 Å². The van der Waals surface area contributed by atoms with Gasteiger partial charge in [-0.15, -0.1) is 10.2 Å². The molecule has 3 aromatic heterocycles. The number of rotatable bonds is 4. The summed E-state index contributed by atoms with van der Waals surface area (Å²) in [5.74, 6) is 1.31. The number of likely N-dealkylation sites (tertiary alicyclic amines) is 1. The third-order valence-electron chi connectivity index (χ3n) is 5.39. The molecule has 4 aromatic rings. The van der Waals surface area contributed by atoms with Gasteiger partial charge in [0.15, 0.2) is 10.8 Å². The molecule has 4 heterocycles. The van der Waals surface area contributed by atoms with E-state index in [2.05, 4.69) is 21.2 Å². The van der Waals surface area contributed by atoms with Crippen molar-refractivity contribution in [2.75, 3.05) is 13.1 Å². The lowest BCUT2D eigenvalue weighted by Crippen LogP contribution is -2.38. The van der Waals surface area contributed by atoms with E-state index in [1.807, 2.05) is 41.4 Å². The molecule has 0 saturated carbocycles. The number of benzene rings is 1. The number of aromatic amines is 1. The molecule has 1 fully saturated rings. The number of hydrogen-bond donors (Lipinski definition) is 1. The van der Waals surface area contributed by atoms with Crippen molar-refractivity contribution in [3.63, 3.8) is 0 Å².